The first kappa shape index (κ1) is 21.2. The Hall–Kier alpha value is -3.05. The number of nitrogens with one attached hydrogen (secondary N) is 1. The van der Waals surface area contributed by atoms with Crippen molar-refractivity contribution in [3.05, 3.63) is 101 Å². The minimum atomic E-state index is -1.20. The van der Waals surface area contributed by atoms with Gasteiger partial charge in [0.25, 0.3) is 5.91 Å². The quantitative estimate of drug-likeness (QED) is 0.555. The highest BCUT2D eigenvalue weighted by atomic mass is 32.2. The number of hydrogen-bond donors (Lipinski definition) is 1. The molecule has 158 valence electrons. The van der Waals surface area contributed by atoms with Crippen LogP contribution in [0.2, 0.25) is 0 Å². The third kappa shape index (κ3) is 4.10. The van der Waals surface area contributed by atoms with Crippen LogP contribution < -0.4 is 10.2 Å². The summed E-state index contributed by atoms with van der Waals surface area (Å²) >= 11 is 1.72. The molecule has 4 nitrogen and oxygen atoms in total. The van der Waals surface area contributed by atoms with Crippen molar-refractivity contribution in [3.8, 4) is 0 Å². The first-order chi connectivity index (χ1) is 15.0. The van der Waals surface area contributed by atoms with E-state index in [0.717, 1.165) is 28.1 Å². The number of carbonyl (C=O) groups is 2. The molecular formula is C26H26N2O2S. The zero-order valence-corrected chi connectivity index (χ0v) is 18.6. The minimum Gasteiger partial charge on any atom is -0.334 e. The predicted molar refractivity (Wildman–Crippen MR) is 127 cm³/mol. The third-order valence-electron chi connectivity index (χ3n) is 5.66. The number of thioether (sulfide) groups is 1. The van der Waals surface area contributed by atoms with Gasteiger partial charge in [-0.3, -0.25) is 9.59 Å². The van der Waals surface area contributed by atoms with E-state index in [4.69, 9.17) is 0 Å². The molecule has 1 unspecified atom stereocenters. The summed E-state index contributed by atoms with van der Waals surface area (Å²) in [6, 6.07) is 25.7. The smallest absolute Gasteiger partial charge is 0.261 e. The Bertz CT molecular complexity index is 1090. The Morgan fingerprint density at radius 2 is 1.68 bits per heavy atom. The van der Waals surface area contributed by atoms with E-state index in [1.54, 1.807) is 23.7 Å². The van der Waals surface area contributed by atoms with E-state index in [1.165, 1.54) is 5.56 Å². The van der Waals surface area contributed by atoms with Crippen LogP contribution in [0.3, 0.4) is 0 Å². The summed E-state index contributed by atoms with van der Waals surface area (Å²) in [5, 5.41) is 3.13. The van der Waals surface area contributed by atoms with Gasteiger partial charge in [0.1, 0.15) is 0 Å². The molecule has 1 aliphatic heterocycles. The van der Waals surface area contributed by atoms with Gasteiger partial charge in [-0.15, -0.1) is 0 Å². The highest BCUT2D eigenvalue weighted by molar-refractivity contribution is 7.98. The van der Waals surface area contributed by atoms with E-state index in [2.05, 4.69) is 17.4 Å². The maximum Gasteiger partial charge on any atom is 0.261 e. The van der Waals surface area contributed by atoms with Crippen LogP contribution in [-0.4, -0.2) is 24.6 Å². The average molecular weight is 431 g/mol. The van der Waals surface area contributed by atoms with Crippen LogP contribution in [-0.2, 0) is 20.9 Å². The Morgan fingerprint density at radius 1 is 1.00 bits per heavy atom. The lowest BCUT2D eigenvalue weighted by Gasteiger charge is -2.30. The van der Waals surface area contributed by atoms with Crippen molar-refractivity contribution in [2.24, 2.45) is 0 Å². The van der Waals surface area contributed by atoms with Gasteiger partial charge in [0.05, 0.1) is 0 Å². The summed E-state index contributed by atoms with van der Waals surface area (Å²) in [6.45, 7) is 2.00. The van der Waals surface area contributed by atoms with Crippen molar-refractivity contribution in [2.45, 2.75) is 24.6 Å². The average Bonchev–Trinajstić information content (AvgIpc) is 3.00. The normalized spacial score (nSPS) is 17.5. The van der Waals surface area contributed by atoms with Crippen LogP contribution in [0.4, 0.5) is 5.69 Å². The van der Waals surface area contributed by atoms with Gasteiger partial charge in [0.15, 0.2) is 5.54 Å². The van der Waals surface area contributed by atoms with Crippen LogP contribution >= 0.6 is 11.8 Å². The fourth-order valence-corrected chi connectivity index (χ4v) is 4.98. The molecular weight excluding hydrogens is 404 g/mol. The molecule has 0 bridgehead atoms. The van der Waals surface area contributed by atoms with Crippen molar-refractivity contribution in [3.63, 3.8) is 0 Å². The van der Waals surface area contributed by atoms with Gasteiger partial charge >= 0.3 is 0 Å². The van der Waals surface area contributed by atoms with E-state index in [1.807, 2.05) is 73.7 Å². The molecule has 4 rings (SSSR count). The Labute approximate surface area is 187 Å². The van der Waals surface area contributed by atoms with Gasteiger partial charge in [-0.05, 0) is 24.1 Å². The van der Waals surface area contributed by atoms with Crippen molar-refractivity contribution >= 4 is 29.3 Å². The summed E-state index contributed by atoms with van der Waals surface area (Å²) in [7, 11) is 1.77. The third-order valence-corrected chi connectivity index (χ3v) is 6.69. The summed E-state index contributed by atoms with van der Waals surface area (Å²) in [6.07, 6.45) is 0.351. The first-order valence-electron chi connectivity index (χ1n) is 10.4. The van der Waals surface area contributed by atoms with Crippen molar-refractivity contribution in [1.29, 1.82) is 0 Å². The number of nitrogens with zero attached hydrogens (tertiary/aromatic N) is 1. The van der Waals surface area contributed by atoms with Crippen molar-refractivity contribution in [2.75, 3.05) is 17.7 Å². The standard InChI is InChI=1S/C26H26N2O2S/c1-19-13-14-23-22(17-19)26(25(30)28(23)2,21-11-7-4-8-12-21)27-24(29)15-16-31-18-20-9-5-3-6-10-20/h3-14,17H,15-16,18H2,1-2H3,(H,27,29). The maximum atomic E-state index is 13.6. The molecule has 5 heteroatoms. The van der Waals surface area contributed by atoms with Gasteiger partial charge < -0.3 is 10.2 Å². The predicted octanol–water partition coefficient (Wildman–Crippen LogP) is 4.65. The maximum absolute atomic E-state index is 13.6. The lowest BCUT2D eigenvalue weighted by Crippen LogP contribution is -2.53. The molecule has 0 aromatic heterocycles. The molecule has 0 saturated heterocycles. The van der Waals surface area contributed by atoms with Gasteiger partial charge in [0.2, 0.25) is 5.91 Å². The van der Waals surface area contributed by atoms with E-state index in [0.29, 0.717) is 12.2 Å². The highest BCUT2D eigenvalue weighted by Gasteiger charge is 2.52. The van der Waals surface area contributed by atoms with E-state index in [9.17, 15) is 9.59 Å². The molecule has 0 saturated carbocycles. The number of aryl methyl sites for hydroxylation is 1. The summed E-state index contributed by atoms with van der Waals surface area (Å²) < 4.78 is 0. The minimum absolute atomic E-state index is 0.125. The summed E-state index contributed by atoms with van der Waals surface area (Å²) in [5.41, 5.74) is 3.54. The summed E-state index contributed by atoms with van der Waals surface area (Å²) in [4.78, 5) is 28.2. The zero-order valence-electron chi connectivity index (χ0n) is 17.8. The molecule has 1 N–H and O–H groups in total. The highest BCUT2D eigenvalue weighted by Crippen LogP contribution is 2.44. The first-order valence-corrected chi connectivity index (χ1v) is 11.6. The lowest BCUT2D eigenvalue weighted by molar-refractivity contribution is -0.129. The van der Waals surface area contributed by atoms with E-state index >= 15 is 0 Å². The number of anilines is 1. The fourth-order valence-electron chi connectivity index (χ4n) is 4.08. The van der Waals surface area contributed by atoms with Gasteiger partial charge in [-0.2, -0.15) is 11.8 Å². The number of hydrogen-bond acceptors (Lipinski definition) is 3. The van der Waals surface area contributed by atoms with Crippen molar-refractivity contribution < 1.29 is 9.59 Å². The van der Waals surface area contributed by atoms with Crippen LogP contribution in [0.15, 0.2) is 78.9 Å². The Kier molecular flexibility index (Phi) is 6.14. The lowest BCUT2D eigenvalue weighted by atomic mass is 9.83. The monoisotopic (exact) mass is 430 g/mol. The molecule has 0 aliphatic carbocycles. The molecule has 3 aromatic rings. The largest absolute Gasteiger partial charge is 0.334 e. The molecule has 1 heterocycles. The molecule has 1 atom stereocenters. The molecule has 2 amide bonds. The number of fused-ring (bicyclic) bond motifs is 1. The van der Waals surface area contributed by atoms with Crippen LogP contribution in [0.5, 0.6) is 0 Å². The number of benzene rings is 3. The van der Waals surface area contributed by atoms with Gasteiger partial charge in [-0.25, -0.2) is 0 Å². The van der Waals surface area contributed by atoms with Crippen LogP contribution in [0, 0.1) is 6.92 Å². The topological polar surface area (TPSA) is 49.4 Å². The number of rotatable bonds is 7. The summed E-state index contributed by atoms with van der Waals surface area (Å²) in [5.74, 6) is 1.29. The number of likely N-dealkylation sites (N-methyl/N-ethyl adjacent to an activating group) is 1. The number of carbonyl (C=O) groups excluding carboxylic acids is 2. The Morgan fingerprint density at radius 3 is 2.39 bits per heavy atom. The fraction of sp³-hybridized carbons (Fsp3) is 0.231. The SMILES string of the molecule is Cc1ccc2c(c1)C(NC(=O)CCSCc1ccccc1)(c1ccccc1)C(=O)N2C. The molecule has 0 spiro atoms. The van der Waals surface area contributed by atoms with Crippen LogP contribution in [0.25, 0.3) is 0 Å². The molecule has 1 aliphatic rings. The van der Waals surface area contributed by atoms with E-state index < -0.39 is 5.54 Å². The van der Waals surface area contributed by atoms with Crippen LogP contribution in [0.1, 0.15) is 28.7 Å². The molecule has 0 radical (unpaired) electrons. The zero-order chi connectivity index (χ0) is 21.8. The second-order valence-corrected chi connectivity index (χ2v) is 8.94. The second-order valence-electron chi connectivity index (χ2n) is 7.84. The van der Waals surface area contributed by atoms with E-state index in [-0.39, 0.29) is 11.8 Å². The number of amides is 2. The molecule has 0 fully saturated rings. The second kappa shape index (κ2) is 8.98. The molecule has 3 aromatic carbocycles. The molecule has 31 heavy (non-hydrogen) atoms. The Balaban J connectivity index is 1.57. The van der Waals surface area contributed by atoms with Crippen molar-refractivity contribution in [1.82, 2.24) is 5.32 Å². The van der Waals surface area contributed by atoms with Gasteiger partial charge in [-0.1, -0.05) is 78.4 Å². The van der Waals surface area contributed by atoms with Gasteiger partial charge in [0, 0.05) is 36.2 Å².